The van der Waals surface area contributed by atoms with Crippen molar-refractivity contribution in [1.29, 1.82) is 0 Å². The van der Waals surface area contributed by atoms with Crippen LogP contribution in [0.15, 0.2) is 42.5 Å². The lowest BCUT2D eigenvalue weighted by molar-refractivity contribution is -0.127. The number of carbonyl (C=O) groups excluding carboxylic acids is 2. The Labute approximate surface area is 143 Å². The Morgan fingerprint density at radius 1 is 1.16 bits per heavy atom. The Bertz CT molecular complexity index is 781. The standard InChI is InChI=1S/C18H18F2N2O3/c1-25-16-5-3-2-4-12(16)8-15(18(21)24)22-17(23)9-11-6-7-13(19)10-14(11)20/h2-7,10,15H,8-9H2,1H3,(H2,21,24)(H,22,23)/t15-/m0/s1. The van der Waals surface area contributed by atoms with Gasteiger partial charge < -0.3 is 15.8 Å². The maximum Gasteiger partial charge on any atom is 0.240 e. The van der Waals surface area contributed by atoms with Crippen LogP contribution in [-0.4, -0.2) is 25.0 Å². The number of amides is 2. The van der Waals surface area contributed by atoms with Crippen molar-refractivity contribution in [3.8, 4) is 5.75 Å². The number of para-hydroxylation sites is 1. The van der Waals surface area contributed by atoms with Crippen molar-refractivity contribution in [3.05, 3.63) is 65.2 Å². The van der Waals surface area contributed by atoms with Gasteiger partial charge in [0, 0.05) is 12.5 Å². The largest absolute Gasteiger partial charge is 0.496 e. The third kappa shape index (κ3) is 5.00. The molecule has 0 bridgehead atoms. The Kier molecular flexibility index (Phi) is 6.05. The van der Waals surface area contributed by atoms with Gasteiger partial charge in [-0.2, -0.15) is 0 Å². The molecule has 0 aliphatic rings. The van der Waals surface area contributed by atoms with E-state index in [1.807, 2.05) is 0 Å². The zero-order valence-electron chi connectivity index (χ0n) is 13.6. The van der Waals surface area contributed by atoms with Gasteiger partial charge >= 0.3 is 0 Å². The van der Waals surface area contributed by atoms with Crippen LogP contribution in [0.4, 0.5) is 8.78 Å². The van der Waals surface area contributed by atoms with Gasteiger partial charge in [-0.25, -0.2) is 8.78 Å². The molecule has 0 radical (unpaired) electrons. The van der Waals surface area contributed by atoms with E-state index < -0.39 is 29.5 Å². The minimum atomic E-state index is -0.979. The fraction of sp³-hybridized carbons (Fsp3) is 0.222. The fourth-order valence-corrected chi connectivity index (χ4v) is 2.40. The van der Waals surface area contributed by atoms with Gasteiger partial charge in [0.2, 0.25) is 11.8 Å². The second kappa shape index (κ2) is 8.23. The van der Waals surface area contributed by atoms with E-state index in [4.69, 9.17) is 10.5 Å². The van der Waals surface area contributed by atoms with Gasteiger partial charge in [0.25, 0.3) is 0 Å². The first-order chi connectivity index (χ1) is 11.9. The lowest BCUT2D eigenvalue weighted by Gasteiger charge is -2.17. The number of methoxy groups -OCH3 is 1. The molecule has 25 heavy (non-hydrogen) atoms. The minimum absolute atomic E-state index is 0.0272. The molecule has 2 amide bonds. The molecule has 0 saturated heterocycles. The molecule has 0 spiro atoms. The maximum absolute atomic E-state index is 13.6. The second-order valence-corrected chi connectivity index (χ2v) is 5.45. The average molecular weight is 348 g/mol. The zero-order valence-corrected chi connectivity index (χ0v) is 13.6. The second-order valence-electron chi connectivity index (χ2n) is 5.45. The van der Waals surface area contributed by atoms with E-state index in [2.05, 4.69) is 5.32 Å². The summed E-state index contributed by atoms with van der Waals surface area (Å²) in [7, 11) is 1.49. The summed E-state index contributed by atoms with van der Waals surface area (Å²) < 4.78 is 31.7. The van der Waals surface area contributed by atoms with Crippen molar-refractivity contribution in [1.82, 2.24) is 5.32 Å². The van der Waals surface area contributed by atoms with Crippen LogP contribution in [0, 0.1) is 11.6 Å². The number of hydrogen-bond acceptors (Lipinski definition) is 3. The van der Waals surface area contributed by atoms with Crippen molar-refractivity contribution < 1.29 is 23.1 Å². The number of halogens is 2. The van der Waals surface area contributed by atoms with E-state index >= 15 is 0 Å². The lowest BCUT2D eigenvalue weighted by atomic mass is 10.0. The van der Waals surface area contributed by atoms with Gasteiger partial charge in [-0.1, -0.05) is 24.3 Å². The number of rotatable bonds is 7. The smallest absolute Gasteiger partial charge is 0.240 e. The highest BCUT2D eigenvalue weighted by Crippen LogP contribution is 2.19. The predicted molar refractivity (Wildman–Crippen MR) is 87.9 cm³/mol. The molecule has 0 aliphatic carbocycles. The van der Waals surface area contributed by atoms with Gasteiger partial charge in [-0.15, -0.1) is 0 Å². The number of nitrogens with two attached hydrogens (primary N) is 1. The predicted octanol–water partition coefficient (Wildman–Crippen LogP) is 1.73. The number of benzene rings is 2. The highest BCUT2D eigenvalue weighted by molar-refractivity contribution is 5.87. The van der Waals surface area contributed by atoms with Crippen LogP contribution in [0.1, 0.15) is 11.1 Å². The molecule has 2 aromatic rings. The summed E-state index contributed by atoms with van der Waals surface area (Å²) in [5.41, 5.74) is 6.07. The minimum Gasteiger partial charge on any atom is -0.496 e. The Morgan fingerprint density at radius 3 is 2.52 bits per heavy atom. The third-order valence-corrected chi connectivity index (χ3v) is 3.66. The summed E-state index contributed by atoms with van der Waals surface area (Å²) in [6, 6.07) is 8.98. The molecule has 0 aliphatic heterocycles. The first kappa shape index (κ1) is 18.4. The van der Waals surface area contributed by atoms with E-state index in [0.717, 1.165) is 6.07 Å². The quantitative estimate of drug-likeness (QED) is 0.800. The molecule has 7 heteroatoms. The average Bonchev–Trinajstić information content (AvgIpc) is 2.57. The monoisotopic (exact) mass is 348 g/mol. The molecule has 3 N–H and O–H groups in total. The maximum atomic E-state index is 13.6. The Morgan fingerprint density at radius 2 is 1.88 bits per heavy atom. The van der Waals surface area contributed by atoms with Gasteiger partial charge in [-0.05, 0) is 23.3 Å². The molecule has 5 nitrogen and oxygen atoms in total. The molecule has 0 heterocycles. The summed E-state index contributed by atoms with van der Waals surface area (Å²) in [5, 5.41) is 2.48. The van der Waals surface area contributed by atoms with E-state index in [-0.39, 0.29) is 18.4 Å². The van der Waals surface area contributed by atoms with E-state index in [1.165, 1.54) is 13.2 Å². The van der Waals surface area contributed by atoms with Crippen molar-refractivity contribution in [3.63, 3.8) is 0 Å². The molecule has 0 saturated carbocycles. The number of carbonyl (C=O) groups is 2. The first-order valence-corrected chi connectivity index (χ1v) is 7.55. The number of hydrogen-bond donors (Lipinski definition) is 2. The van der Waals surface area contributed by atoms with Gasteiger partial charge in [0.15, 0.2) is 0 Å². The molecule has 0 fully saturated rings. The Balaban J connectivity index is 2.08. The van der Waals surface area contributed by atoms with Gasteiger partial charge in [-0.3, -0.25) is 9.59 Å². The van der Waals surface area contributed by atoms with Crippen molar-refractivity contribution in [2.45, 2.75) is 18.9 Å². The van der Waals surface area contributed by atoms with Crippen LogP contribution >= 0.6 is 0 Å². The molecular formula is C18H18F2N2O3. The molecular weight excluding hydrogens is 330 g/mol. The van der Waals surface area contributed by atoms with E-state index in [1.54, 1.807) is 24.3 Å². The van der Waals surface area contributed by atoms with Crippen LogP contribution in [-0.2, 0) is 22.4 Å². The van der Waals surface area contributed by atoms with E-state index in [9.17, 15) is 18.4 Å². The van der Waals surface area contributed by atoms with Crippen molar-refractivity contribution in [2.24, 2.45) is 5.73 Å². The molecule has 2 rings (SSSR count). The first-order valence-electron chi connectivity index (χ1n) is 7.55. The number of ether oxygens (including phenoxy) is 1. The highest BCUT2D eigenvalue weighted by Gasteiger charge is 2.21. The third-order valence-electron chi connectivity index (χ3n) is 3.66. The van der Waals surface area contributed by atoms with Crippen LogP contribution in [0.3, 0.4) is 0 Å². The summed E-state index contributed by atoms with van der Waals surface area (Å²) >= 11 is 0. The molecule has 0 unspecified atom stereocenters. The zero-order chi connectivity index (χ0) is 18.4. The van der Waals surface area contributed by atoms with Crippen molar-refractivity contribution in [2.75, 3.05) is 7.11 Å². The molecule has 1 atom stereocenters. The number of nitrogens with one attached hydrogen (secondary N) is 1. The van der Waals surface area contributed by atoms with Crippen LogP contribution < -0.4 is 15.8 Å². The topological polar surface area (TPSA) is 81.4 Å². The normalized spacial score (nSPS) is 11.6. The van der Waals surface area contributed by atoms with Crippen LogP contribution in [0.2, 0.25) is 0 Å². The molecule has 0 aromatic heterocycles. The van der Waals surface area contributed by atoms with Gasteiger partial charge in [0.1, 0.15) is 23.4 Å². The molecule has 2 aromatic carbocycles. The summed E-state index contributed by atoms with van der Waals surface area (Å²) in [6.45, 7) is 0. The van der Waals surface area contributed by atoms with Crippen molar-refractivity contribution >= 4 is 11.8 Å². The number of primary amides is 1. The van der Waals surface area contributed by atoms with E-state index in [0.29, 0.717) is 17.4 Å². The molecule has 132 valence electrons. The summed E-state index contributed by atoms with van der Waals surface area (Å²) in [4.78, 5) is 23.7. The SMILES string of the molecule is COc1ccccc1C[C@H](NC(=O)Cc1ccc(F)cc1F)C(N)=O. The fourth-order valence-electron chi connectivity index (χ4n) is 2.40. The van der Waals surface area contributed by atoms with Crippen LogP contribution in [0.25, 0.3) is 0 Å². The highest BCUT2D eigenvalue weighted by atomic mass is 19.1. The Hall–Kier alpha value is -2.96. The lowest BCUT2D eigenvalue weighted by Crippen LogP contribution is -2.46. The summed E-state index contributed by atoms with van der Waals surface area (Å²) in [6.07, 6.45) is -0.196. The summed E-state index contributed by atoms with van der Waals surface area (Å²) in [5.74, 6) is -2.31. The van der Waals surface area contributed by atoms with Crippen LogP contribution in [0.5, 0.6) is 5.75 Å². The van der Waals surface area contributed by atoms with Gasteiger partial charge in [0.05, 0.1) is 13.5 Å².